The Kier molecular flexibility index (Phi) is 51.2. The van der Waals surface area contributed by atoms with Crippen molar-refractivity contribution >= 4 is 51.4 Å². The number of carbonyl (C=O) groups is 5. The lowest BCUT2D eigenvalue weighted by Crippen LogP contribution is -2.47. The van der Waals surface area contributed by atoms with Crippen LogP contribution in [0, 0.1) is 0 Å². The maximum absolute atomic E-state index is 12.8. The Morgan fingerprint density at radius 1 is 0.398 bits per heavy atom. The second-order valence-electron chi connectivity index (χ2n) is 22.8. The first-order valence-electron chi connectivity index (χ1n) is 32.9. The summed E-state index contributed by atoms with van der Waals surface area (Å²) in [7, 11) is 3.77. The van der Waals surface area contributed by atoms with Crippen LogP contribution in [0.2, 0.25) is 0 Å². The van der Waals surface area contributed by atoms with Crippen LogP contribution in [-0.4, -0.2) is 216 Å². The third-order valence-electron chi connectivity index (χ3n) is 15.3. The zero-order valence-corrected chi connectivity index (χ0v) is 54.6. The highest BCUT2D eigenvalue weighted by Gasteiger charge is 2.22. The summed E-state index contributed by atoms with van der Waals surface area (Å²) in [5, 5.41) is 44.0. The molecule has 1 saturated heterocycles. The van der Waals surface area contributed by atoms with Crippen LogP contribution in [0.5, 0.6) is 0 Å². The van der Waals surface area contributed by atoms with Crippen LogP contribution in [-0.2, 0) is 47.7 Å². The van der Waals surface area contributed by atoms with Crippen LogP contribution in [0.3, 0.4) is 0 Å². The van der Waals surface area contributed by atoms with Crippen LogP contribution in [0.4, 0.5) is 0 Å². The summed E-state index contributed by atoms with van der Waals surface area (Å²) in [5.41, 5.74) is 0. The first kappa shape index (κ1) is 78.7. The summed E-state index contributed by atoms with van der Waals surface area (Å²) < 4.78 is 27.2. The van der Waals surface area contributed by atoms with Gasteiger partial charge in [-0.15, -0.1) is 0 Å². The van der Waals surface area contributed by atoms with Gasteiger partial charge in [0.15, 0.2) is 0 Å². The minimum atomic E-state index is -0.727. The highest BCUT2D eigenvalue weighted by Crippen LogP contribution is 2.23. The number of hydrogen-bond acceptors (Lipinski definition) is 20. The van der Waals surface area contributed by atoms with Gasteiger partial charge in [-0.25, -0.2) is 0 Å². The quantitative estimate of drug-likeness (QED) is 0.0192. The van der Waals surface area contributed by atoms with Gasteiger partial charge < -0.3 is 44.1 Å². The van der Waals surface area contributed by atoms with Crippen molar-refractivity contribution in [2.45, 2.75) is 264 Å². The number of ether oxygens (including phenoxy) is 5. The second-order valence-corrected chi connectivity index (χ2v) is 25.5. The molecule has 4 N–H and O–H groups in total. The number of aliphatic hydroxyl groups is 4. The topological polar surface area (TPSA) is 225 Å². The average Bonchev–Trinajstić information content (AvgIpc) is 3.45. The highest BCUT2D eigenvalue weighted by atomic mass is 33.1. The molecule has 0 spiro atoms. The molecule has 0 aromatic heterocycles. The first-order chi connectivity index (χ1) is 40.1. The number of aliphatic hydroxyl groups excluding tert-OH is 4. The largest absolute Gasteiger partial charge is 0.466 e. The van der Waals surface area contributed by atoms with Crippen molar-refractivity contribution < 1.29 is 68.1 Å². The number of esters is 5. The van der Waals surface area contributed by atoms with Gasteiger partial charge in [-0.1, -0.05) is 114 Å². The van der Waals surface area contributed by atoms with Crippen molar-refractivity contribution in [3.8, 4) is 0 Å². The van der Waals surface area contributed by atoms with Gasteiger partial charge in [-0.3, -0.25) is 43.6 Å². The molecule has 0 bridgehead atoms. The zero-order chi connectivity index (χ0) is 61.1. The molecule has 0 radical (unpaired) electrons. The number of unbranched alkanes of at least 4 members (excludes halogenated alkanes) is 8. The maximum Gasteiger partial charge on any atom is 0.306 e. The first-order valence-corrected chi connectivity index (χ1v) is 35.3. The van der Waals surface area contributed by atoms with E-state index in [1.54, 1.807) is 0 Å². The van der Waals surface area contributed by atoms with Gasteiger partial charge in [0, 0.05) is 109 Å². The highest BCUT2D eigenvalue weighted by molar-refractivity contribution is 8.76. The summed E-state index contributed by atoms with van der Waals surface area (Å²) in [6.45, 7) is 21.7. The fourth-order valence-corrected chi connectivity index (χ4v) is 12.0. The Labute approximate surface area is 511 Å². The molecule has 4 atom stereocenters. The van der Waals surface area contributed by atoms with Crippen molar-refractivity contribution in [3.63, 3.8) is 0 Å². The van der Waals surface area contributed by atoms with Crippen molar-refractivity contribution in [1.29, 1.82) is 0 Å². The van der Waals surface area contributed by atoms with Gasteiger partial charge in [0.25, 0.3) is 0 Å². The molecule has 0 aromatic carbocycles. The Balaban J connectivity index is 2.48. The maximum atomic E-state index is 12.8. The molecule has 4 unspecified atom stereocenters. The standard InChI is InChI=1S/C63H120N4O14S2/c1-7-13-44-77-59(72)31-21-17-15-19-27-53(68)49-67(50-54(69)28-20-16-18-22-32-60(73)78-45-14-8-2)37-26-47-82-83-48-43-65-40-38-64(39-41-65)42-46-79-61(74)35-25-36-66(51-55(70)29-23-33-62(75)80-57(9-3)10-4)52-56(71)30-24-34-63(76)81-58(11-5)12-6/h53-58,68-71H,7-52H2,1-6H3. The van der Waals surface area contributed by atoms with E-state index < -0.39 is 24.4 Å². The SMILES string of the molecule is CCCCOC(=O)CCCCCCC(O)CN(CCCSSCCN1CCN(CCOC(=O)CCCN(CC(O)CCCC(=O)OC(CC)CC)CC(O)CCCC(=O)OC(CC)CC)CC1)CC(O)CCCCCCC(=O)OCCCC. The normalized spacial score (nSPS) is 14.8. The second kappa shape index (κ2) is 53.9. The molecule has 1 aliphatic heterocycles. The molecular weight excluding hydrogens is 1100 g/mol. The van der Waals surface area contributed by atoms with E-state index in [4.69, 9.17) is 23.7 Å². The Morgan fingerprint density at radius 2 is 0.747 bits per heavy atom. The molecule has 0 amide bonds. The van der Waals surface area contributed by atoms with Gasteiger partial charge in [-0.05, 0) is 116 Å². The zero-order valence-electron chi connectivity index (χ0n) is 53.0. The number of hydrogen-bond donors (Lipinski definition) is 4. The van der Waals surface area contributed by atoms with Crippen LogP contribution in [0.15, 0.2) is 0 Å². The van der Waals surface area contributed by atoms with Gasteiger partial charge in [0.2, 0.25) is 0 Å². The summed E-state index contributed by atoms with van der Waals surface area (Å²) >= 11 is 0. The predicted octanol–water partition coefficient (Wildman–Crippen LogP) is 9.92. The molecule has 0 aromatic rings. The average molecular weight is 1220 g/mol. The molecule has 1 aliphatic rings. The van der Waals surface area contributed by atoms with E-state index in [9.17, 15) is 44.4 Å². The van der Waals surface area contributed by atoms with Crippen molar-refractivity contribution in [2.75, 3.05) is 110 Å². The Bertz CT molecular complexity index is 1510. The molecule has 1 heterocycles. The fraction of sp³-hybridized carbons (Fsp3) is 0.921. The Hall–Kier alpha value is -2.27. The molecule has 1 rings (SSSR count). The summed E-state index contributed by atoms with van der Waals surface area (Å²) in [4.78, 5) is 70.3. The lowest BCUT2D eigenvalue weighted by molar-refractivity contribution is -0.150. The van der Waals surface area contributed by atoms with Crippen LogP contribution >= 0.6 is 21.6 Å². The van der Waals surface area contributed by atoms with E-state index in [0.29, 0.717) is 104 Å². The van der Waals surface area contributed by atoms with Gasteiger partial charge in [0.05, 0.1) is 37.6 Å². The van der Waals surface area contributed by atoms with E-state index in [-0.39, 0.29) is 74.4 Å². The third-order valence-corrected chi connectivity index (χ3v) is 17.7. The van der Waals surface area contributed by atoms with E-state index in [1.807, 2.05) is 54.2 Å². The summed E-state index contributed by atoms with van der Waals surface area (Å²) in [5.74, 6) is 0.956. The minimum absolute atomic E-state index is 0.0926. The third kappa shape index (κ3) is 46.5. The monoisotopic (exact) mass is 1220 g/mol. The lowest BCUT2D eigenvalue weighted by atomic mass is 10.1. The molecule has 0 saturated carbocycles. The van der Waals surface area contributed by atoms with E-state index in [2.05, 4.69) is 28.5 Å². The van der Waals surface area contributed by atoms with Crippen LogP contribution in [0.25, 0.3) is 0 Å². The lowest BCUT2D eigenvalue weighted by Gasteiger charge is -2.34. The van der Waals surface area contributed by atoms with Crippen molar-refractivity contribution in [2.24, 2.45) is 0 Å². The van der Waals surface area contributed by atoms with Gasteiger partial charge in [-0.2, -0.15) is 0 Å². The number of rotatable bonds is 57. The molecule has 0 aliphatic carbocycles. The molecule has 488 valence electrons. The predicted molar refractivity (Wildman–Crippen MR) is 335 cm³/mol. The van der Waals surface area contributed by atoms with Crippen molar-refractivity contribution in [1.82, 2.24) is 19.6 Å². The van der Waals surface area contributed by atoms with Crippen LogP contribution < -0.4 is 0 Å². The van der Waals surface area contributed by atoms with E-state index in [0.717, 1.165) is 160 Å². The van der Waals surface area contributed by atoms with Crippen LogP contribution in [0.1, 0.15) is 228 Å². The molecule has 1 fully saturated rings. The number of piperazine rings is 1. The van der Waals surface area contributed by atoms with Crippen molar-refractivity contribution in [3.05, 3.63) is 0 Å². The molecular formula is C63H120N4O14S2. The van der Waals surface area contributed by atoms with Gasteiger partial charge >= 0.3 is 29.8 Å². The summed E-state index contributed by atoms with van der Waals surface area (Å²) in [6, 6.07) is 0. The Morgan fingerprint density at radius 3 is 1.17 bits per heavy atom. The molecule has 20 heteroatoms. The van der Waals surface area contributed by atoms with E-state index >= 15 is 0 Å². The minimum Gasteiger partial charge on any atom is -0.466 e. The van der Waals surface area contributed by atoms with Gasteiger partial charge in [0.1, 0.15) is 18.8 Å². The number of carbonyl (C=O) groups excluding carboxylic acids is 5. The molecule has 83 heavy (non-hydrogen) atoms. The number of nitrogens with zero attached hydrogens (tertiary/aromatic N) is 4. The smallest absolute Gasteiger partial charge is 0.306 e. The fourth-order valence-electron chi connectivity index (χ4n) is 9.92. The summed E-state index contributed by atoms with van der Waals surface area (Å²) in [6.07, 6.45) is 17.6. The van der Waals surface area contributed by atoms with E-state index in [1.165, 1.54) is 0 Å². The molecule has 18 nitrogen and oxygen atoms in total.